The van der Waals surface area contributed by atoms with Gasteiger partial charge in [-0.1, -0.05) is 26.2 Å². The Kier molecular flexibility index (Phi) is 4.60. The molecule has 0 bridgehead atoms. The van der Waals surface area contributed by atoms with Gasteiger partial charge in [-0.05, 0) is 38.9 Å². The molecule has 1 saturated heterocycles. The van der Waals surface area contributed by atoms with Gasteiger partial charge in [0.2, 0.25) is 0 Å². The quantitative estimate of drug-likeness (QED) is 0.552. The number of unbranched alkanes of at least 4 members (excludes halogenated alkanes) is 3. The minimum absolute atomic E-state index is 1.36. The van der Waals surface area contributed by atoms with E-state index in [1.807, 2.05) is 0 Å². The summed E-state index contributed by atoms with van der Waals surface area (Å²) < 4.78 is 0. The fourth-order valence-electron chi connectivity index (χ4n) is 1.77. The second-order valence-corrected chi connectivity index (χ2v) is 3.61. The first-order chi connectivity index (χ1) is 5.43. The van der Waals surface area contributed by atoms with Crippen LogP contribution < -0.4 is 0 Å². The largest absolute Gasteiger partial charge is 0.303 e. The monoisotopic (exact) mass is 155 g/mol. The maximum absolute atomic E-state index is 2.61. The molecule has 1 aliphatic rings. The average Bonchev–Trinajstić information content (AvgIpc) is 2.50. The summed E-state index contributed by atoms with van der Waals surface area (Å²) in [6, 6.07) is 0. The summed E-state index contributed by atoms with van der Waals surface area (Å²) in [5, 5.41) is 0. The molecular formula is C10H21N. The highest BCUT2D eigenvalue weighted by Gasteiger charge is 2.09. The van der Waals surface area contributed by atoms with Gasteiger partial charge in [-0.25, -0.2) is 0 Å². The Morgan fingerprint density at radius 2 is 1.73 bits per heavy atom. The molecule has 0 N–H and O–H groups in total. The third-order valence-electron chi connectivity index (χ3n) is 2.53. The van der Waals surface area contributed by atoms with Crippen LogP contribution in [0.15, 0.2) is 0 Å². The van der Waals surface area contributed by atoms with Crippen molar-refractivity contribution in [3.8, 4) is 0 Å². The lowest BCUT2D eigenvalue weighted by molar-refractivity contribution is 0.328. The Hall–Kier alpha value is -0.0400. The lowest BCUT2D eigenvalue weighted by Crippen LogP contribution is -2.20. The first-order valence-corrected chi connectivity index (χ1v) is 5.16. The topological polar surface area (TPSA) is 3.24 Å². The minimum Gasteiger partial charge on any atom is -0.303 e. The fourth-order valence-corrected chi connectivity index (χ4v) is 1.77. The number of rotatable bonds is 5. The fraction of sp³-hybridized carbons (Fsp3) is 1.00. The molecule has 0 aromatic rings. The number of hydrogen-bond donors (Lipinski definition) is 0. The maximum Gasteiger partial charge on any atom is -0.00183 e. The standard InChI is InChI=1S/C10H21N/c1-2-3-4-5-8-11-9-6-7-10-11/h2-10H2,1H3. The Bertz CT molecular complexity index is 84.9. The molecule has 1 aliphatic heterocycles. The highest BCUT2D eigenvalue weighted by Crippen LogP contribution is 2.09. The Balaban J connectivity index is 1.86. The molecule has 1 rings (SSSR count). The van der Waals surface area contributed by atoms with Crippen LogP contribution in [0.2, 0.25) is 0 Å². The summed E-state index contributed by atoms with van der Waals surface area (Å²) in [5.41, 5.74) is 0. The summed E-state index contributed by atoms with van der Waals surface area (Å²) >= 11 is 0. The van der Waals surface area contributed by atoms with Gasteiger partial charge in [-0.2, -0.15) is 0 Å². The van der Waals surface area contributed by atoms with Gasteiger partial charge in [0, 0.05) is 0 Å². The molecule has 1 heterocycles. The predicted octanol–water partition coefficient (Wildman–Crippen LogP) is 2.66. The van der Waals surface area contributed by atoms with Crippen molar-refractivity contribution in [2.45, 2.75) is 45.4 Å². The van der Waals surface area contributed by atoms with Crippen LogP contribution in [-0.2, 0) is 0 Å². The molecule has 0 unspecified atom stereocenters. The summed E-state index contributed by atoms with van der Waals surface area (Å²) in [7, 11) is 0. The summed E-state index contributed by atoms with van der Waals surface area (Å²) in [6.45, 7) is 6.37. The van der Waals surface area contributed by atoms with Crippen molar-refractivity contribution in [1.82, 2.24) is 4.90 Å². The van der Waals surface area contributed by atoms with Crippen molar-refractivity contribution in [3.05, 3.63) is 0 Å². The van der Waals surface area contributed by atoms with Crippen molar-refractivity contribution in [1.29, 1.82) is 0 Å². The molecule has 66 valence electrons. The van der Waals surface area contributed by atoms with Crippen LogP contribution in [0, 0.1) is 0 Å². The minimum atomic E-state index is 1.36. The van der Waals surface area contributed by atoms with Crippen LogP contribution in [0.4, 0.5) is 0 Å². The Morgan fingerprint density at radius 1 is 1.00 bits per heavy atom. The summed E-state index contributed by atoms with van der Waals surface area (Å²) in [4.78, 5) is 2.61. The van der Waals surface area contributed by atoms with E-state index in [9.17, 15) is 0 Å². The molecule has 0 aromatic heterocycles. The van der Waals surface area contributed by atoms with Crippen LogP contribution >= 0.6 is 0 Å². The highest BCUT2D eigenvalue weighted by atomic mass is 15.1. The van der Waals surface area contributed by atoms with Gasteiger partial charge in [0.25, 0.3) is 0 Å². The van der Waals surface area contributed by atoms with Crippen LogP contribution in [-0.4, -0.2) is 24.5 Å². The predicted molar refractivity (Wildman–Crippen MR) is 49.8 cm³/mol. The molecule has 0 spiro atoms. The summed E-state index contributed by atoms with van der Waals surface area (Å²) in [6.07, 6.45) is 8.52. The lowest BCUT2D eigenvalue weighted by Gasteiger charge is -2.13. The maximum atomic E-state index is 2.61. The van der Waals surface area contributed by atoms with Crippen LogP contribution in [0.25, 0.3) is 0 Å². The second kappa shape index (κ2) is 5.59. The van der Waals surface area contributed by atoms with E-state index < -0.39 is 0 Å². The van der Waals surface area contributed by atoms with Gasteiger partial charge in [0.15, 0.2) is 0 Å². The van der Waals surface area contributed by atoms with E-state index in [1.165, 1.54) is 58.2 Å². The van der Waals surface area contributed by atoms with Crippen molar-refractivity contribution in [3.63, 3.8) is 0 Å². The van der Waals surface area contributed by atoms with E-state index in [-0.39, 0.29) is 0 Å². The second-order valence-electron chi connectivity index (χ2n) is 3.61. The third-order valence-corrected chi connectivity index (χ3v) is 2.53. The molecule has 1 heteroatoms. The molecule has 0 radical (unpaired) electrons. The van der Waals surface area contributed by atoms with Crippen LogP contribution in [0.3, 0.4) is 0 Å². The number of likely N-dealkylation sites (tertiary alicyclic amines) is 1. The average molecular weight is 155 g/mol. The Morgan fingerprint density at radius 3 is 2.36 bits per heavy atom. The SMILES string of the molecule is CCCCCCN1CCCC1. The van der Waals surface area contributed by atoms with Crippen LogP contribution in [0.1, 0.15) is 45.4 Å². The highest BCUT2D eigenvalue weighted by molar-refractivity contribution is 4.65. The van der Waals surface area contributed by atoms with E-state index in [0.29, 0.717) is 0 Å². The van der Waals surface area contributed by atoms with Gasteiger partial charge in [0.1, 0.15) is 0 Å². The van der Waals surface area contributed by atoms with Crippen molar-refractivity contribution < 1.29 is 0 Å². The van der Waals surface area contributed by atoms with Crippen molar-refractivity contribution in [2.75, 3.05) is 19.6 Å². The zero-order chi connectivity index (χ0) is 7.94. The molecule has 0 atom stereocenters. The first-order valence-electron chi connectivity index (χ1n) is 5.16. The van der Waals surface area contributed by atoms with E-state index in [2.05, 4.69) is 11.8 Å². The first kappa shape index (κ1) is 9.05. The van der Waals surface area contributed by atoms with E-state index in [1.54, 1.807) is 0 Å². The number of hydrogen-bond acceptors (Lipinski definition) is 1. The van der Waals surface area contributed by atoms with Gasteiger partial charge in [0.05, 0.1) is 0 Å². The normalized spacial score (nSPS) is 19.4. The molecule has 0 aliphatic carbocycles. The number of nitrogens with zero attached hydrogens (tertiary/aromatic N) is 1. The third kappa shape index (κ3) is 3.76. The molecular weight excluding hydrogens is 134 g/mol. The molecule has 0 amide bonds. The van der Waals surface area contributed by atoms with E-state index in [0.717, 1.165) is 0 Å². The molecule has 11 heavy (non-hydrogen) atoms. The zero-order valence-corrected chi connectivity index (χ0v) is 7.81. The summed E-state index contributed by atoms with van der Waals surface area (Å²) in [5.74, 6) is 0. The van der Waals surface area contributed by atoms with E-state index >= 15 is 0 Å². The molecule has 0 saturated carbocycles. The van der Waals surface area contributed by atoms with Gasteiger partial charge >= 0.3 is 0 Å². The lowest BCUT2D eigenvalue weighted by atomic mass is 10.2. The zero-order valence-electron chi connectivity index (χ0n) is 7.81. The van der Waals surface area contributed by atoms with Gasteiger partial charge in [-0.15, -0.1) is 0 Å². The van der Waals surface area contributed by atoms with Gasteiger partial charge < -0.3 is 4.90 Å². The van der Waals surface area contributed by atoms with E-state index in [4.69, 9.17) is 0 Å². The molecule has 1 fully saturated rings. The van der Waals surface area contributed by atoms with Crippen molar-refractivity contribution >= 4 is 0 Å². The van der Waals surface area contributed by atoms with Crippen molar-refractivity contribution in [2.24, 2.45) is 0 Å². The molecule has 0 aromatic carbocycles. The van der Waals surface area contributed by atoms with Gasteiger partial charge in [-0.3, -0.25) is 0 Å². The van der Waals surface area contributed by atoms with Crippen LogP contribution in [0.5, 0.6) is 0 Å². The molecule has 1 nitrogen and oxygen atoms in total. The smallest absolute Gasteiger partial charge is 0.00183 e. The Labute approximate surface area is 70.8 Å².